The van der Waals surface area contributed by atoms with E-state index < -0.39 is 35.3 Å². The molecule has 3 atom stereocenters. The molecule has 4 amide bonds. The number of carbonyl (C=O) groups excluding carboxylic acids is 4. The Morgan fingerprint density at radius 2 is 1.24 bits per heavy atom. The first-order valence-electron chi connectivity index (χ1n) is 17.6. The maximum absolute atomic E-state index is 14.5. The van der Waals surface area contributed by atoms with Gasteiger partial charge in [-0.15, -0.1) is 0 Å². The number of piperidine rings is 1. The minimum absolute atomic E-state index is 0.122. The molecule has 5 aromatic rings. The second-order valence-corrected chi connectivity index (χ2v) is 13.8. The third kappa shape index (κ3) is 8.98. The number of primary amides is 1. The average molecular weight is 684 g/mol. The fraction of sp³-hybridized carbons (Fsp3) is 0.286. The summed E-state index contributed by atoms with van der Waals surface area (Å²) in [5.74, 6) is -2.15. The van der Waals surface area contributed by atoms with Gasteiger partial charge in [-0.25, -0.2) is 0 Å². The Hall–Kier alpha value is -5.54. The summed E-state index contributed by atoms with van der Waals surface area (Å²) < 4.78 is 0. The van der Waals surface area contributed by atoms with Gasteiger partial charge in [0.25, 0.3) is 0 Å². The minimum atomic E-state index is -1.52. The van der Waals surface area contributed by atoms with Crippen LogP contribution in [0.5, 0.6) is 0 Å². The van der Waals surface area contributed by atoms with Gasteiger partial charge in [0.15, 0.2) is 0 Å². The Morgan fingerprint density at radius 3 is 1.86 bits per heavy atom. The van der Waals surface area contributed by atoms with E-state index in [-0.39, 0.29) is 31.1 Å². The zero-order valence-electron chi connectivity index (χ0n) is 28.9. The topological polar surface area (TPSA) is 142 Å². The van der Waals surface area contributed by atoms with E-state index >= 15 is 0 Å². The molecule has 1 aliphatic rings. The predicted octanol–water partition coefficient (Wildman–Crippen LogP) is 4.35. The maximum Gasteiger partial charge on any atom is 0.246 e. The van der Waals surface area contributed by atoms with Crippen molar-refractivity contribution in [3.05, 3.63) is 132 Å². The van der Waals surface area contributed by atoms with Crippen molar-refractivity contribution in [2.75, 3.05) is 13.1 Å². The monoisotopic (exact) mass is 683 g/mol. The van der Waals surface area contributed by atoms with Crippen molar-refractivity contribution in [1.29, 1.82) is 0 Å². The number of amides is 4. The molecule has 0 aromatic heterocycles. The molecule has 9 nitrogen and oxygen atoms in total. The molecule has 1 fully saturated rings. The van der Waals surface area contributed by atoms with Crippen molar-refractivity contribution in [3.8, 4) is 0 Å². The maximum atomic E-state index is 14.5. The van der Waals surface area contributed by atoms with Crippen LogP contribution in [-0.4, -0.2) is 54.3 Å². The van der Waals surface area contributed by atoms with E-state index in [1.165, 1.54) is 0 Å². The van der Waals surface area contributed by atoms with E-state index in [0.717, 1.165) is 51.3 Å². The first-order chi connectivity index (χ1) is 24.7. The molecular weight excluding hydrogens is 638 g/mol. The molecule has 0 aliphatic carbocycles. The van der Waals surface area contributed by atoms with Crippen LogP contribution in [-0.2, 0) is 38.4 Å². The normalized spacial score (nSPS) is 15.7. The third-order valence-electron chi connectivity index (χ3n) is 9.80. The SMILES string of the molecule is CC(Cc1ccc2ccccc2c1)(NC(=O)C(Cc1ccc2ccccc2c1)NC(=O)C1CCNCC1)C(=O)NC(Cc1ccccc1)C(N)=O. The van der Waals surface area contributed by atoms with Crippen molar-refractivity contribution >= 4 is 45.2 Å². The number of nitrogens with one attached hydrogen (secondary N) is 4. The summed E-state index contributed by atoms with van der Waals surface area (Å²) in [6.07, 6.45) is 1.89. The molecule has 0 radical (unpaired) electrons. The molecule has 0 saturated carbocycles. The van der Waals surface area contributed by atoms with E-state index in [4.69, 9.17) is 5.73 Å². The zero-order chi connectivity index (χ0) is 35.8. The summed E-state index contributed by atoms with van der Waals surface area (Å²) in [7, 11) is 0. The summed E-state index contributed by atoms with van der Waals surface area (Å²) in [6.45, 7) is 3.11. The van der Waals surface area contributed by atoms with Gasteiger partial charge in [-0.1, -0.05) is 115 Å². The first kappa shape index (κ1) is 35.3. The molecule has 262 valence electrons. The summed E-state index contributed by atoms with van der Waals surface area (Å²) in [5, 5.41) is 16.3. The lowest BCUT2D eigenvalue weighted by molar-refractivity contribution is -0.137. The first-order valence-corrected chi connectivity index (χ1v) is 17.6. The summed E-state index contributed by atoms with van der Waals surface area (Å²) >= 11 is 0. The highest BCUT2D eigenvalue weighted by molar-refractivity contribution is 5.97. The zero-order valence-corrected chi connectivity index (χ0v) is 28.9. The Kier molecular flexibility index (Phi) is 11.1. The molecule has 1 heterocycles. The molecule has 51 heavy (non-hydrogen) atoms. The van der Waals surface area contributed by atoms with E-state index in [2.05, 4.69) is 21.3 Å². The quantitative estimate of drug-likeness (QED) is 0.126. The van der Waals surface area contributed by atoms with Crippen molar-refractivity contribution in [3.63, 3.8) is 0 Å². The van der Waals surface area contributed by atoms with Crippen LogP contribution in [0.3, 0.4) is 0 Å². The van der Waals surface area contributed by atoms with Gasteiger partial charge >= 0.3 is 0 Å². The number of rotatable bonds is 13. The smallest absolute Gasteiger partial charge is 0.246 e. The van der Waals surface area contributed by atoms with Gasteiger partial charge in [0.1, 0.15) is 17.6 Å². The van der Waals surface area contributed by atoms with Gasteiger partial charge in [0, 0.05) is 25.2 Å². The van der Waals surface area contributed by atoms with Gasteiger partial charge < -0.3 is 27.0 Å². The number of hydrogen-bond donors (Lipinski definition) is 5. The molecule has 5 aromatic carbocycles. The Bertz CT molecular complexity index is 2030. The average Bonchev–Trinajstić information content (AvgIpc) is 3.14. The van der Waals surface area contributed by atoms with Crippen LogP contribution in [0.1, 0.15) is 36.5 Å². The van der Waals surface area contributed by atoms with E-state index in [9.17, 15) is 19.2 Å². The fourth-order valence-corrected chi connectivity index (χ4v) is 6.87. The molecule has 1 aliphatic heterocycles. The van der Waals surface area contributed by atoms with Gasteiger partial charge in [-0.05, 0) is 71.1 Å². The lowest BCUT2D eigenvalue weighted by Gasteiger charge is -2.33. The van der Waals surface area contributed by atoms with Gasteiger partial charge in [0.05, 0.1) is 0 Å². The number of nitrogens with two attached hydrogens (primary N) is 1. The predicted molar refractivity (Wildman–Crippen MR) is 201 cm³/mol. The lowest BCUT2D eigenvalue weighted by Crippen LogP contribution is -2.64. The summed E-state index contributed by atoms with van der Waals surface area (Å²) in [6, 6.07) is 35.1. The van der Waals surface area contributed by atoms with Crippen LogP contribution >= 0.6 is 0 Å². The molecule has 1 saturated heterocycles. The summed E-state index contributed by atoms with van der Waals surface area (Å²) in [4.78, 5) is 55.0. The van der Waals surface area contributed by atoms with Gasteiger partial charge in [-0.3, -0.25) is 19.2 Å². The van der Waals surface area contributed by atoms with Crippen LogP contribution < -0.4 is 27.0 Å². The van der Waals surface area contributed by atoms with Crippen LogP contribution in [0.4, 0.5) is 0 Å². The van der Waals surface area contributed by atoms with E-state index in [1.807, 2.05) is 115 Å². The third-order valence-corrected chi connectivity index (χ3v) is 9.80. The second-order valence-electron chi connectivity index (χ2n) is 13.8. The standard InChI is InChI=1S/C42H45N5O4/c1-42(27-30-16-18-32-12-6-8-14-35(32)24-30,41(51)46-36(38(43)48)25-28-9-3-2-4-10-28)47-40(50)37(45-39(49)33-19-21-44-22-20-33)26-29-15-17-31-11-5-7-13-34(31)23-29/h2-18,23-24,33,36-37,44H,19-22,25-27H2,1H3,(H2,43,48)(H,45,49)(H,46,51)(H,47,50). The number of carbonyl (C=O) groups is 4. The van der Waals surface area contributed by atoms with Crippen LogP contribution in [0.15, 0.2) is 115 Å². The second kappa shape index (κ2) is 16.0. The largest absolute Gasteiger partial charge is 0.368 e. The summed E-state index contributed by atoms with van der Waals surface area (Å²) in [5.41, 5.74) is 6.79. The van der Waals surface area contributed by atoms with E-state index in [1.54, 1.807) is 6.92 Å². The Morgan fingerprint density at radius 1 is 0.686 bits per heavy atom. The molecule has 0 bridgehead atoms. The molecule has 0 spiro atoms. The molecule has 6 N–H and O–H groups in total. The molecule has 9 heteroatoms. The van der Waals surface area contributed by atoms with Crippen LogP contribution in [0, 0.1) is 5.92 Å². The number of hydrogen-bond acceptors (Lipinski definition) is 5. The highest BCUT2D eigenvalue weighted by Crippen LogP contribution is 2.22. The Labute approximate surface area is 298 Å². The number of fused-ring (bicyclic) bond motifs is 2. The number of benzene rings is 5. The van der Waals surface area contributed by atoms with Crippen molar-refractivity contribution in [2.24, 2.45) is 11.7 Å². The molecule has 6 rings (SSSR count). The van der Waals surface area contributed by atoms with E-state index in [0.29, 0.717) is 12.8 Å². The molecule has 3 unspecified atom stereocenters. The highest BCUT2D eigenvalue weighted by atomic mass is 16.2. The van der Waals surface area contributed by atoms with Crippen molar-refractivity contribution in [1.82, 2.24) is 21.3 Å². The van der Waals surface area contributed by atoms with Crippen LogP contribution in [0.25, 0.3) is 21.5 Å². The van der Waals surface area contributed by atoms with Crippen molar-refractivity contribution < 1.29 is 19.2 Å². The van der Waals surface area contributed by atoms with Crippen molar-refractivity contribution in [2.45, 2.75) is 56.7 Å². The van der Waals surface area contributed by atoms with Gasteiger partial charge in [-0.2, -0.15) is 0 Å². The Balaban J connectivity index is 1.31. The lowest BCUT2D eigenvalue weighted by atomic mass is 9.89. The highest BCUT2D eigenvalue weighted by Gasteiger charge is 2.39. The van der Waals surface area contributed by atoms with Gasteiger partial charge in [0.2, 0.25) is 23.6 Å². The van der Waals surface area contributed by atoms with Crippen LogP contribution in [0.2, 0.25) is 0 Å². The fourth-order valence-electron chi connectivity index (χ4n) is 6.87. The minimum Gasteiger partial charge on any atom is -0.368 e. The molecular formula is C42H45N5O4.